The molecule has 116 valence electrons. The first-order valence-electron chi connectivity index (χ1n) is 7.36. The summed E-state index contributed by atoms with van der Waals surface area (Å²) in [6.07, 6.45) is 0. The molecule has 1 aromatic heterocycles. The summed E-state index contributed by atoms with van der Waals surface area (Å²) in [7, 11) is 0. The molecule has 2 heterocycles. The quantitative estimate of drug-likeness (QED) is 0.801. The van der Waals surface area contributed by atoms with E-state index in [0.29, 0.717) is 18.6 Å². The minimum atomic E-state index is -0.302. The number of hydrogen-bond donors (Lipinski definition) is 1. The van der Waals surface area contributed by atoms with Gasteiger partial charge in [0.2, 0.25) is 5.91 Å². The summed E-state index contributed by atoms with van der Waals surface area (Å²) in [5.41, 5.74) is 1.21. The lowest BCUT2D eigenvalue weighted by Crippen LogP contribution is -2.52. The van der Waals surface area contributed by atoms with E-state index in [-0.39, 0.29) is 17.6 Å². The molecule has 0 spiro atoms. The standard InChI is InChI=1S/C17H14FN3OS/c18-13-7-4-8-14-15(13)20-17(23-14)21-9-11(10-21)16(22)19-12-5-2-1-3-6-12/h1-8,11H,9-10H2,(H,19,22). The third kappa shape index (κ3) is 2.66. The molecule has 0 atom stereocenters. The molecule has 1 N–H and O–H groups in total. The number of benzene rings is 2. The fraction of sp³-hybridized carbons (Fsp3) is 0.176. The lowest BCUT2D eigenvalue weighted by Gasteiger charge is -2.37. The van der Waals surface area contributed by atoms with Crippen LogP contribution in [0.5, 0.6) is 0 Å². The maximum atomic E-state index is 13.7. The number of fused-ring (bicyclic) bond motifs is 1. The third-order valence-corrected chi connectivity index (χ3v) is 5.00. The normalized spacial score (nSPS) is 14.7. The first-order chi connectivity index (χ1) is 11.2. The van der Waals surface area contributed by atoms with E-state index in [1.165, 1.54) is 17.4 Å². The number of hydrogen-bond acceptors (Lipinski definition) is 4. The zero-order chi connectivity index (χ0) is 15.8. The van der Waals surface area contributed by atoms with E-state index in [4.69, 9.17) is 0 Å². The molecule has 2 aromatic carbocycles. The van der Waals surface area contributed by atoms with Crippen LogP contribution in [0, 0.1) is 11.7 Å². The molecule has 3 aromatic rings. The molecule has 0 radical (unpaired) electrons. The SMILES string of the molecule is O=C(Nc1ccccc1)C1CN(c2nc3c(F)cccc3s2)C1. The van der Waals surface area contributed by atoms with Crippen molar-refractivity contribution in [1.82, 2.24) is 4.98 Å². The van der Waals surface area contributed by atoms with E-state index in [1.807, 2.05) is 41.3 Å². The second-order valence-corrected chi connectivity index (χ2v) is 6.55. The van der Waals surface area contributed by atoms with Crippen LogP contribution < -0.4 is 10.2 Å². The number of para-hydroxylation sites is 2. The van der Waals surface area contributed by atoms with Gasteiger partial charge in [-0.25, -0.2) is 9.37 Å². The van der Waals surface area contributed by atoms with Crippen LogP contribution in [-0.4, -0.2) is 24.0 Å². The van der Waals surface area contributed by atoms with Crippen molar-refractivity contribution in [3.8, 4) is 0 Å². The largest absolute Gasteiger partial charge is 0.346 e. The van der Waals surface area contributed by atoms with Crippen molar-refractivity contribution < 1.29 is 9.18 Å². The molecule has 0 aliphatic carbocycles. The Bertz CT molecular complexity index is 859. The van der Waals surface area contributed by atoms with E-state index < -0.39 is 0 Å². The average molecular weight is 327 g/mol. The Morgan fingerprint density at radius 1 is 1.17 bits per heavy atom. The zero-order valence-electron chi connectivity index (χ0n) is 12.2. The molecule has 1 aliphatic heterocycles. The molecule has 0 saturated carbocycles. The van der Waals surface area contributed by atoms with Crippen molar-refractivity contribution in [3.05, 3.63) is 54.3 Å². The molecule has 1 fully saturated rings. The Morgan fingerprint density at radius 3 is 2.70 bits per heavy atom. The Hall–Kier alpha value is -2.47. The van der Waals surface area contributed by atoms with Crippen LogP contribution in [-0.2, 0) is 4.79 Å². The van der Waals surface area contributed by atoms with Crippen LogP contribution in [0.25, 0.3) is 10.2 Å². The van der Waals surface area contributed by atoms with Crippen LogP contribution in [0.4, 0.5) is 15.2 Å². The molecule has 6 heteroatoms. The molecule has 23 heavy (non-hydrogen) atoms. The first kappa shape index (κ1) is 14.1. The fourth-order valence-electron chi connectivity index (χ4n) is 2.60. The number of anilines is 2. The van der Waals surface area contributed by atoms with Gasteiger partial charge in [0.15, 0.2) is 5.13 Å². The summed E-state index contributed by atoms with van der Waals surface area (Å²) < 4.78 is 14.5. The van der Waals surface area contributed by atoms with Crippen molar-refractivity contribution in [2.45, 2.75) is 0 Å². The van der Waals surface area contributed by atoms with Gasteiger partial charge in [0.05, 0.1) is 10.6 Å². The number of nitrogens with zero attached hydrogens (tertiary/aromatic N) is 2. The predicted octanol–water partition coefficient (Wildman–Crippen LogP) is 3.51. The Kier molecular flexibility index (Phi) is 3.46. The smallest absolute Gasteiger partial charge is 0.231 e. The zero-order valence-corrected chi connectivity index (χ0v) is 13.0. The molecule has 0 unspecified atom stereocenters. The number of thiazole rings is 1. The van der Waals surface area contributed by atoms with Crippen molar-refractivity contribution in [2.24, 2.45) is 5.92 Å². The van der Waals surface area contributed by atoms with Crippen molar-refractivity contribution in [3.63, 3.8) is 0 Å². The molecule has 1 aliphatic rings. The highest BCUT2D eigenvalue weighted by Gasteiger charge is 2.34. The van der Waals surface area contributed by atoms with E-state index in [9.17, 15) is 9.18 Å². The van der Waals surface area contributed by atoms with Crippen LogP contribution in [0.15, 0.2) is 48.5 Å². The molecule has 0 bridgehead atoms. The number of halogens is 1. The number of aromatic nitrogens is 1. The van der Waals surface area contributed by atoms with Gasteiger partial charge >= 0.3 is 0 Å². The van der Waals surface area contributed by atoms with E-state index in [2.05, 4.69) is 10.3 Å². The van der Waals surface area contributed by atoms with Crippen molar-refractivity contribution >= 4 is 38.3 Å². The van der Waals surface area contributed by atoms with Gasteiger partial charge in [-0.3, -0.25) is 4.79 Å². The number of carbonyl (C=O) groups is 1. The van der Waals surface area contributed by atoms with E-state index >= 15 is 0 Å². The molecule has 4 nitrogen and oxygen atoms in total. The van der Waals surface area contributed by atoms with Crippen LogP contribution in [0.3, 0.4) is 0 Å². The Balaban J connectivity index is 1.42. The summed E-state index contributed by atoms with van der Waals surface area (Å²) in [6.45, 7) is 1.22. The number of rotatable bonds is 3. The first-order valence-corrected chi connectivity index (χ1v) is 8.18. The molecule has 4 rings (SSSR count). The number of carbonyl (C=O) groups excluding carboxylic acids is 1. The van der Waals surface area contributed by atoms with Gasteiger partial charge in [-0.05, 0) is 24.3 Å². The molecule has 1 amide bonds. The number of nitrogens with one attached hydrogen (secondary N) is 1. The van der Waals surface area contributed by atoms with Gasteiger partial charge < -0.3 is 10.2 Å². The summed E-state index contributed by atoms with van der Waals surface area (Å²) in [4.78, 5) is 18.5. The highest BCUT2D eigenvalue weighted by molar-refractivity contribution is 7.22. The van der Waals surface area contributed by atoms with Crippen molar-refractivity contribution in [1.29, 1.82) is 0 Å². The van der Waals surface area contributed by atoms with Gasteiger partial charge in [-0.15, -0.1) is 0 Å². The second kappa shape index (κ2) is 5.62. The fourth-order valence-corrected chi connectivity index (χ4v) is 3.60. The van der Waals surface area contributed by atoms with E-state index in [0.717, 1.165) is 15.5 Å². The number of amides is 1. The molecule has 1 saturated heterocycles. The van der Waals surface area contributed by atoms with Gasteiger partial charge in [0, 0.05) is 18.8 Å². The van der Waals surface area contributed by atoms with Gasteiger partial charge in [-0.1, -0.05) is 35.6 Å². The summed E-state index contributed by atoms with van der Waals surface area (Å²) in [6, 6.07) is 14.4. The summed E-state index contributed by atoms with van der Waals surface area (Å²) in [5.74, 6) is -0.351. The van der Waals surface area contributed by atoms with Crippen LogP contribution in [0.2, 0.25) is 0 Å². The summed E-state index contributed by atoms with van der Waals surface area (Å²) >= 11 is 1.46. The maximum absolute atomic E-state index is 13.7. The molecular formula is C17H14FN3OS. The Labute approximate surface area is 136 Å². The van der Waals surface area contributed by atoms with Crippen molar-refractivity contribution in [2.75, 3.05) is 23.3 Å². The average Bonchev–Trinajstić information content (AvgIpc) is 2.92. The van der Waals surface area contributed by atoms with E-state index in [1.54, 1.807) is 6.07 Å². The second-order valence-electron chi connectivity index (χ2n) is 5.54. The monoisotopic (exact) mass is 327 g/mol. The minimum absolute atomic E-state index is 0.0136. The molecular weight excluding hydrogens is 313 g/mol. The Morgan fingerprint density at radius 2 is 1.96 bits per heavy atom. The van der Waals surface area contributed by atoms with Gasteiger partial charge in [0.1, 0.15) is 11.3 Å². The lowest BCUT2D eigenvalue weighted by molar-refractivity contribution is -0.120. The van der Waals surface area contributed by atoms with Gasteiger partial charge in [0.25, 0.3) is 0 Å². The highest BCUT2D eigenvalue weighted by atomic mass is 32.1. The van der Waals surface area contributed by atoms with Gasteiger partial charge in [-0.2, -0.15) is 0 Å². The highest BCUT2D eigenvalue weighted by Crippen LogP contribution is 2.34. The predicted molar refractivity (Wildman–Crippen MR) is 90.4 cm³/mol. The lowest BCUT2D eigenvalue weighted by atomic mass is 10.00. The topological polar surface area (TPSA) is 45.2 Å². The minimum Gasteiger partial charge on any atom is -0.346 e. The third-order valence-electron chi connectivity index (χ3n) is 3.92. The summed E-state index contributed by atoms with van der Waals surface area (Å²) in [5, 5.41) is 3.68. The maximum Gasteiger partial charge on any atom is 0.231 e. The van der Waals surface area contributed by atoms with Crippen LogP contribution >= 0.6 is 11.3 Å². The van der Waals surface area contributed by atoms with Crippen LogP contribution in [0.1, 0.15) is 0 Å².